The summed E-state index contributed by atoms with van der Waals surface area (Å²) in [5.41, 5.74) is 1.20. The zero-order valence-corrected chi connectivity index (χ0v) is 12.8. The van der Waals surface area contributed by atoms with E-state index in [9.17, 15) is 4.79 Å². The van der Waals surface area contributed by atoms with Gasteiger partial charge in [0.25, 0.3) is 0 Å². The molecule has 1 aromatic carbocycles. The van der Waals surface area contributed by atoms with Crippen molar-refractivity contribution in [3.8, 4) is 0 Å². The summed E-state index contributed by atoms with van der Waals surface area (Å²) in [6, 6.07) is 6.22. The van der Waals surface area contributed by atoms with E-state index < -0.39 is 5.97 Å². The van der Waals surface area contributed by atoms with Crippen molar-refractivity contribution in [3.05, 3.63) is 33.8 Å². The molecular formula is C15H19Cl2NO2. The van der Waals surface area contributed by atoms with Crippen LogP contribution in [0.15, 0.2) is 18.2 Å². The molecule has 0 aromatic heterocycles. The Hall–Kier alpha value is -0.770. The second-order valence-corrected chi connectivity index (χ2v) is 6.03. The number of halogens is 2. The third kappa shape index (κ3) is 4.11. The van der Waals surface area contributed by atoms with Gasteiger partial charge in [0.1, 0.15) is 0 Å². The van der Waals surface area contributed by atoms with Crippen molar-refractivity contribution in [3.63, 3.8) is 0 Å². The van der Waals surface area contributed by atoms with Gasteiger partial charge in [0, 0.05) is 12.5 Å². The Morgan fingerprint density at radius 1 is 1.30 bits per heavy atom. The van der Waals surface area contributed by atoms with Gasteiger partial charge in [0.15, 0.2) is 0 Å². The number of hydrogen-bond acceptors (Lipinski definition) is 2. The minimum atomic E-state index is -0.715. The van der Waals surface area contributed by atoms with Crippen LogP contribution in [0, 0.1) is 0 Å². The van der Waals surface area contributed by atoms with Crippen LogP contribution in [-0.4, -0.2) is 29.1 Å². The number of carboxylic acids is 1. The summed E-state index contributed by atoms with van der Waals surface area (Å²) >= 11 is 12.0. The van der Waals surface area contributed by atoms with Gasteiger partial charge >= 0.3 is 5.97 Å². The standard InChI is InChI=1S/C15H19Cl2NO2/c16-12-7-6-11(10-13(12)17)14-4-3-9-18(14)8-2-1-5-15(19)20/h6-7,10,14H,1-5,8-9H2,(H,19,20). The minimum Gasteiger partial charge on any atom is -0.481 e. The molecule has 1 heterocycles. The highest BCUT2D eigenvalue weighted by molar-refractivity contribution is 6.42. The second-order valence-electron chi connectivity index (χ2n) is 5.22. The molecule has 0 saturated carbocycles. The van der Waals surface area contributed by atoms with Crippen molar-refractivity contribution in [1.82, 2.24) is 4.90 Å². The summed E-state index contributed by atoms with van der Waals surface area (Å²) in [7, 11) is 0. The van der Waals surface area contributed by atoms with Gasteiger partial charge in [-0.15, -0.1) is 0 Å². The van der Waals surface area contributed by atoms with Crippen LogP contribution >= 0.6 is 23.2 Å². The molecule has 0 spiro atoms. The van der Waals surface area contributed by atoms with E-state index in [0.717, 1.165) is 32.4 Å². The van der Waals surface area contributed by atoms with Gasteiger partial charge in [-0.3, -0.25) is 9.69 Å². The summed E-state index contributed by atoms with van der Waals surface area (Å²) < 4.78 is 0. The molecule has 0 bridgehead atoms. The Bertz CT molecular complexity index is 479. The van der Waals surface area contributed by atoms with Crippen molar-refractivity contribution in [2.24, 2.45) is 0 Å². The van der Waals surface area contributed by atoms with Crippen molar-refractivity contribution < 1.29 is 9.90 Å². The number of aliphatic carboxylic acids is 1. The highest BCUT2D eigenvalue weighted by Crippen LogP contribution is 2.35. The van der Waals surface area contributed by atoms with E-state index in [1.54, 1.807) is 0 Å². The first-order chi connectivity index (χ1) is 9.58. The van der Waals surface area contributed by atoms with Gasteiger partial charge in [-0.1, -0.05) is 29.3 Å². The molecule has 3 nitrogen and oxygen atoms in total. The molecule has 1 fully saturated rings. The Kier molecular flexibility index (Phi) is 5.70. The van der Waals surface area contributed by atoms with Crippen LogP contribution in [0.2, 0.25) is 10.0 Å². The van der Waals surface area contributed by atoms with Gasteiger partial charge in [-0.25, -0.2) is 0 Å². The summed E-state index contributed by atoms with van der Waals surface area (Å²) in [4.78, 5) is 12.9. The van der Waals surface area contributed by atoms with Crippen LogP contribution in [0.1, 0.15) is 43.7 Å². The number of benzene rings is 1. The van der Waals surface area contributed by atoms with Gasteiger partial charge < -0.3 is 5.11 Å². The van der Waals surface area contributed by atoms with Gasteiger partial charge in [-0.2, -0.15) is 0 Å². The summed E-state index contributed by atoms with van der Waals surface area (Å²) in [6.45, 7) is 2.01. The fourth-order valence-corrected chi connectivity index (χ4v) is 3.09. The lowest BCUT2D eigenvalue weighted by atomic mass is 10.0. The molecule has 110 valence electrons. The van der Waals surface area contributed by atoms with Crippen LogP contribution in [-0.2, 0) is 4.79 Å². The zero-order chi connectivity index (χ0) is 14.5. The SMILES string of the molecule is O=C(O)CCCCN1CCCC1c1ccc(Cl)c(Cl)c1. The maximum atomic E-state index is 10.5. The van der Waals surface area contributed by atoms with E-state index in [-0.39, 0.29) is 6.42 Å². The number of hydrogen-bond donors (Lipinski definition) is 1. The highest BCUT2D eigenvalue weighted by atomic mass is 35.5. The van der Waals surface area contributed by atoms with E-state index in [0.29, 0.717) is 16.1 Å². The smallest absolute Gasteiger partial charge is 0.303 e. The minimum absolute atomic E-state index is 0.255. The number of nitrogens with zero attached hydrogens (tertiary/aromatic N) is 1. The molecule has 0 radical (unpaired) electrons. The van der Waals surface area contributed by atoms with Crippen molar-refractivity contribution in [2.45, 2.75) is 38.1 Å². The van der Waals surface area contributed by atoms with E-state index in [1.807, 2.05) is 18.2 Å². The third-order valence-electron chi connectivity index (χ3n) is 3.78. The quantitative estimate of drug-likeness (QED) is 0.792. The van der Waals surface area contributed by atoms with Gasteiger partial charge in [0.2, 0.25) is 0 Å². The van der Waals surface area contributed by atoms with Gasteiger partial charge in [-0.05, 0) is 56.5 Å². The lowest BCUT2D eigenvalue weighted by molar-refractivity contribution is -0.137. The maximum absolute atomic E-state index is 10.5. The molecule has 1 atom stereocenters. The third-order valence-corrected chi connectivity index (χ3v) is 4.52. The van der Waals surface area contributed by atoms with Crippen LogP contribution in [0.3, 0.4) is 0 Å². The Labute approximate surface area is 129 Å². The Morgan fingerprint density at radius 2 is 2.10 bits per heavy atom. The predicted molar refractivity (Wildman–Crippen MR) is 81.5 cm³/mol. The van der Waals surface area contributed by atoms with E-state index in [2.05, 4.69) is 4.90 Å². The molecule has 1 aromatic rings. The van der Waals surface area contributed by atoms with E-state index >= 15 is 0 Å². The molecule has 1 saturated heterocycles. The molecule has 1 unspecified atom stereocenters. The normalized spacial score (nSPS) is 19.4. The van der Waals surface area contributed by atoms with E-state index in [4.69, 9.17) is 28.3 Å². The van der Waals surface area contributed by atoms with Crippen molar-refractivity contribution >= 4 is 29.2 Å². The van der Waals surface area contributed by atoms with Crippen LogP contribution < -0.4 is 0 Å². The first-order valence-corrected chi connectivity index (χ1v) is 7.74. The van der Waals surface area contributed by atoms with Crippen LogP contribution in [0.25, 0.3) is 0 Å². The zero-order valence-electron chi connectivity index (χ0n) is 11.3. The maximum Gasteiger partial charge on any atom is 0.303 e. The first-order valence-electron chi connectivity index (χ1n) is 6.98. The number of carboxylic acid groups (broad SMARTS) is 1. The number of rotatable bonds is 6. The predicted octanol–water partition coefficient (Wildman–Crippen LogP) is 4.39. The van der Waals surface area contributed by atoms with Gasteiger partial charge in [0.05, 0.1) is 10.0 Å². The largest absolute Gasteiger partial charge is 0.481 e. The molecule has 2 rings (SSSR count). The highest BCUT2D eigenvalue weighted by Gasteiger charge is 2.25. The lowest BCUT2D eigenvalue weighted by Gasteiger charge is -2.25. The molecule has 1 aliphatic heterocycles. The lowest BCUT2D eigenvalue weighted by Crippen LogP contribution is -2.24. The summed E-state index contributed by atoms with van der Waals surface area (Å²) in [5.74, 6) is -0.715. The molecule has 0 amide bonds. The van der Waals surface area contributed by atoms with Crippen LogP contribution in [0.4, 0.5) is 0 Å². The van der Waals surface area contributed by atoms with Crippen LogP contribution in [0.5, 0.6) is 0 Å². The number of carbonyl (C=O) groups is 1. The average molecular weight is 316 g/mol. The Morgan fingerprint density at radius 3 is 2.80 bits per heavy atom. The molecular weight excluding hydrogens is 297 g/mol. The molecule has 0 aliphatic carbocycles. The first kappa shape index (κ1) is 15.6. The van der Waals surface area contributed by atoms with E-state index in [1.165, 1.54) is 12.0 Å². The molecule has 20 heavy (non-hydrogen) atoms. The van der Waals surface area contributed by atoms with Crippen molar-refractivity contribution in [1.29, 1.82) is 0 Å². The number of likely N-dealkylation sites (tertiary alicyclic amines) is 1. The van der Waals surface area contributed by atoms with Crippen molar-refractivity contribution in [2.75, 3.05) is 13.1 Å². The fourth-order valence-electron chi connectivity index (χ4n) is 2.78. The molecule has 1 N–H and O–H groups in total. The number of unbranched alkanes of at least 4 members (excludes halogenated alkanes) is 1. The monoisotopic (exact) mass is 315 g/mol. The summed E-state index contributed by atoms with van der Waals surface area (Å²) in [6.07, 6.45) is 4.20. The summed E-state index contributed by atoms with van der Waals surface area (Å²) in [5, 5.41) is 9.83. The fraction of sp³-hybridized carbons (Fsp3) is 0.533. The Balaban J connectivity index is 1.92. The molecule has 1 aliphatic rings. The second kappa shape index (κ2) is 7.30. The molecule has 5 heteroatoms. The topological polar surface area (TPSA) is 40.5 Å². The average Bonchev–Trinajstić information content (AvgIpc) is 2.86.